The maximum atomic E-state index is 12.5. The second-order valence-corrected chi connectivity index (χ2v) is 4.83. The lowest BCUT2D eigenvalue weighted by Crippen LogP contribution is -2.19. The molecule has 0 saturated carbocycles. The van der Waals surface area contributed by atoms with Crippen molar-refractivity contribution in [3.63, 3.8) is 0 Å². The number of rotatable bonds is 2. The highest BCUT2D eigenvalue weighted by Gasteiger charge is 2.29. The predicted octanol–water partition coefficient (Wildman–Crippen LogP) is 4.23. The van der Waals surface area contributed by atoms with Gasteiger partial charge in [-0.2, -0.15) is 18.3 Å². The third-order valence-corrected chi connectivity index (χ3v) is 3.17. The van der Waals surface area contributed by atoms with E-state index in [4.69, 9.17) is 0 Å². The average molecular weight is 320 g/mol. The molecule has 0 unspecified atom stereocenters. The fraction of sp³-hybridized carbons (Fsp3) is 0.0667. The Morgan fingerprint density at radius 1 is 1.00 bits per heavy atom. The largest absolute Gasteiger partial charge is 0.416 e. The molecule has 0 fully saturated rings. The van der Waals surface area contributed by atoms with Crippen LogP contribution in [-0.2, 0) is 6.18 Å². The molecule has 0 atom stereocenters. The Bertz CT molecular complexity index is 840. The van der Waals surface area contributed by atoms with Crippen LogP contribution in [0, 0.1) is 0 Å². The van der Waals surface area contributed by atoms with Gasteiger partial charge in [0, 0.05) is 16.8 Å². The number of alkyl halides is 3. The molecule has 23 heavy (non-hydrogen) atoms. The molecule has 8 heteroatoms. The Labute approximate surface area is 128 Å². The lowest BCUT2D eigenvalue weighted by atomic mass is 10.2. The van der Waals surface area contributed by atoms with Gasteiger partial charge in [0.15, 0.2) is 0 Å². The molecule has 5 nitrogen and oxygen atoms in total. The van der Waals surface area contributed by atoms with Crippen molar-refractivity contribution in [2.45, 2.75) is 6.18 Å². The summed E-state index contributed by atoms with van der Waals surface area (Å²) in [6.45, 7) is 0. The molecule has 2 aromatic carbocycles. The Kier molecular flexibility index (Phi) is 3.65. The first-order valence-electron chi connectivity index (χ1n) is 6.60. The van der Waals surface area contributed by atoms with Crippen molar-refractivity contribution < 1.29 is 18.0 Å². The van der Waals surface area contributed by atoms with Gasteiger partial charge in [-0.25, -0.2) is 4.79 Å². The second-order valence-electron chi connectivity index (χ2n) is 4.83. The summed E-state index contributed by atoms with van der Waals surface area (Å²) in [5.41, 5.74) is 0.787. The van der Waals surface area contributed by atoms with Crippen LogP contribution in [0.5, 0.6) is 0 Å². The summed E-state index contributed by atoms with van der Waals surface area (Å²) >= 11 is 0. The van der Waals surface area contributed by atoms with Crippen LogP contribution in [0.2, 0.25) is 0 Å². The number of nitrogens with one attached hydrogen (secondary N) is 3. The van der Waals surface area contributed by atoms with Crippen molar-refractivity contribution >= 4 is 28.3 Å². The van der Waals surface area contributed by atoms with E-state index in [9.17, 15) is 18.0 Å². The molecule has 118 valence electrons. The number of H-pyrrole nitrogens is 1. The van der Waals surface area contributed by atoms with Crippen LogP contribution in [0.1, 0.15) is 5.56 Å². The first-order chi connectivity index (χ1) is 10.9. The molecule has 3 aromatic rings. The van der Waals surface area contributed by atoms with Crippen LogP contribution in [0.3, 0.4) is 0 Å². The van der Waals surface area contributed by atoms with Crippen molar-refractivity contribution in [3.8, 4) is 0 Å². The van der Waals surface area contributed by atoms with E-state index in [1.54, 1.807) is 24.4 Å². The molecule has 0 radical (unpaired) electrons. The number of benzene rings is 2. The normalized spacial score (nSPS) is 11.4. The van der Waals surface area contributed by atoms with E-state index in [1.807, 2.05) is 0 Å². The lowest BCUT2D eigenvalue weighted by molar-refractivity contribution is -0.137. The Hall–Kier alpha value is -3.03. The highest BCUT2D eigenvalue weighted by atomic mass is 19.4. The third kappa shape index (κ3) is 3.42. The quantitative estimate of drug-likeness (QED) is 0.661. The molecule has 3 rings (SSSR count). The Balaban J connectivity index is 1.66. The fourth-order valence-corrected chi connectivity index (χ4v) is 2.05. The zero-order chi connectivity index (χ0) is 16.4. The first-order valence-corrected chi connectivity index (χ1v) is 6.60. The number of amides is 2. The first kappa shape index (κ1) is 14.9. The topological polar surface area (TPSA) is 69.8 Å². The summed E-state index contributed by atoms with van der Waals surface area (Å²) in [5, 5.41) is 12.6. The van der Waals surface area contributed by atoms with Crippen LogP contribution in [-0.4, -0.2) is 16.2 Å². The van der Waals surface area contributed by atoms with Crippen molar-refractivity contribution in [3.05, 3.63) is 54.2 Å². The number of urea groups is 1. The minimum absolute atomic E-state index is 0.262. The van der Waals surface area contributed by atoms with Crippen molar-refractivity contribution in [2.24, 2.45) is 0 Å². The molecule has 1 aromatic heterocycles. The van der Waals surface area contributed by atoms with Gasteiger partial charge in [-0.3, -0.25) is 5.10 Å². The minimum atomic E-state index is -4.40. The number of aromatic nitrogens is 2. The number of carbonyl (C=O) groups is 1. The third-order valence-electron chi connectivity index (χ3n) is 3.17. The molecule has 0 bridgehead atoms. The number of halogens is 3. The number of hydrogen-bond acceptors (Lipinski definition) is 2. The van der Waals surface area contributed by atoms with E-state index in [0.29, 0.717) is 5.69 Å². The van der Waals surface area contributed by atoms with Gasteiger partial charge in [0.2, 0.25) is 0 Å². The van der Waals surface area contributed by atoms with Crippen LogP contribution >= 0.6 is 0 Å². The number of carbonyl (C=O) groups excluding carboxylic acids is 1. The number of fused-ring (bicyclic) bond motifs is 1. The summed E-state index contributed by atoms with van der Waals surface area (Å²) in [6.07, 6.45) is -2.75. The summed E-state index contributed by atoms with van der Waals surface area (Å²) < 4.78 is 37.4. The molecular formula is C15H11F3N4O. The van der Waals surface area contributed by atoms with E-state index in [1.165, 1.54) is 12.1 Å². The molecule has 1 heterocycles. The van der Waals surface area contributed by atoms with E-state index >= 15 is 0 Å². The average Bonchev–Trinajstić information content (AvgIpc) is 2.94. The smallest absolute Gasteiger partial charge is 0.308 e. The van der Waals surface area contributed by atoms with E-state index < -0.39 is 17.8 Å². The number of anilines is 2. The maximum Gasteiger partial charge on any atom is 0.416 e. The summed E-state index contributed by atoms with van der Waals surface area (Å²) in [4.78, 5) is 11.9. The molecule has 0 aliphatic heterocycles. The van der Waals surface area contributed by atoms with Crippen LogP contribution in [0.4, 0.5) is 29.3 Å². The standard InChI is InChI=1S/C15H11F3N4O/c16-15(17,18)10-2-5-11(6-3-10)20-14(23)21-12-4-1-9-8-19-22-13(9)7-12/h1-8H,(H,19,22)(H2,20,21,23). The summed E-state index contributed by atoms with van der Waals surface area (Å²) in [6, 6.07) is 8.84. The molecule has 3 N–H and O–H groups in total. The van der Waals surface area contributed by atoms with Gasteiger partial charge in [-0.1, -0.05) is 0 Å². The molecule has 0 aliphatic carbocycles. The molecule has 0 saturated heterocycles. The van der Waals surface area contributed by atoms with Crippen molar-refractivity contribution in [1.29, 1.82) is 0 Å². The highest BCUT2D eigenvalue weighted by molar-refractivity contribution is 6.00. The monoisotopic (exact) mass is 320 g/mol. The highest BCUT2D eigenvalue weighted by Crippen LogP contribution is 2.29. The van der Waals surface area contributed by atoms with Gasteiger partial charge in [-0.05, 0) is 42.5 Å². The van der Waals surface area contributed by atoms with Crippen LogP contribution in [0.25, 0.3) is 10.9 Å². The van der Waals surface area contributed by atoms with Gasteiger partial charge in [-0.15, -0.1) is 0 Å². The maximum absolute atomic E-state index is 12.5. The summed E-state index contributed by atoms with van der Waals surface area (Å²) in [5.74, 6) is 0. The lowest BCUT2D eigenvalue weighted by Gasteiger charge is -2.10. The van der Waals surface area contributed by atoms with Gasteiger partial charge in [0.1, 0.15) is 0 Å². The van der Waals surface area contributed by atoms with Crippen LogP contribution < -0.4 is 10.6 Å². The van der Waals surface area contributed by atoms with E-state index in [0.717, 1.165) is 23.0 Å². The zero-order valence-electron chi connectivity index (χ0n) is 11.6. The molecular weight excluding hydrogens is 309 g/mol. The SMILES string of the molecule is O=C(Nc1ccc(C(F)(F)F)cc1)Nc1ccc2cn[nH]c2c1. The minimum Gasteiger partial charge on any atom is -0.308 e. The van der Waals surface area contributed by atoms with Gasteiger partial charge in [0.25, 0.3) is 0 Å². The van der Waals surface area contributed by atoms with Gasteiger partial charge in [0.05, 0.1) is 17.3 Å². The Morgan fingerprint density at radius 3 is 2.35 bits per heavy atom. The van der Waals surface area contributed by atoms with Crippen LogP contribution in [0.15, 0.2) is 48.7 Å². The van der Waals surface area contributed by atoms with Crippen molar-refractivity contribution in [1.82, 2.24) is 10.2 Å². The summed E-state index contributed by atoms with van der Waals surface area (Å²) in [7, 11) is 0. The van der Waals surface area contributed by atoms with Crippen molar-refractivity contribution in [2.75, 3.05) is 10.6 Å². The zero-order valence-corrected chi connectivity index (χ0v) is 11.6. The molecule has 0 aliphatic rings. The van der Waals surface area contributed by atoms with Gasteiger partial charge >= 0.3 is 12.2 Å². The fourth-order valence-electron chi connectivity index (χ4n) is 2.05. The van der Waals surface area contributed by atoms with Gasteiger partial charge < -0.3 is 10.6 Å². The number of nitrogens with zero attached hydrogens (tertiary/aromatic N) is 1. The van der Waals surface area contributed by atoms with E-state index in [-0.39, 0.29) is 5.69 Å². The number of hydrogen-bond donors (Lipinski definition) is 3. The second kappa shape index (κ2) is 5.64. The molecule has 2 amide bonds. The van der Waals surface area contributed by atoms with E-state index in [2.05, 4.69) is 20.8 Å². The predicted molar refractivity (Wildman–Crippen MR) is 80.2 cm³/mol. The molecule has 0 spiro atoms. The number of aromatic amines is 1. The Morgan fingerprint density at radius 2 is 1.65 bits per heavy atom.